The van der Waals surface area contributed by atoms with Gasteiger partial charge in [0.25, 0.3) is 0 Å². The summed E-state index contributed by atoms with van der Waals surface area (Å²) < 4.78 is 32.7. The molecule has 4 saturated carbocycles. The minimum atomic E-state index is -3.70. The number of nitrogens with one attached hydrogen (secondary N) is 1. The van der Waals surface area contributed by atoms with Gasteiger partial charge in [0.05, 0.1) is 17.1 Å². The van der Waals surface area contributed by atoms with E-state index < -0.39 is 16.0 Å². The van der Waals surface area contributed by atoms with Crippen molar-refractivity contribution in [1.82, 2.24) is 4.31 Å². The van der Waals surface area contributed by atoms with Crippen molar-refractivity contribution in [2.24, 2.45) is 23.7 Å². The summed E-state index contributed by atoms with van der Waals surface area (Å²) in [5.41, 5.74) is 2.91. The molecular weight excluding hydrogens is 512 g/mol. The smallest absolute Gasteiger partial charge is 0.338 e. The molecule has 4 aliphatic carbocycles. The Morgan fingerprint density at radius 2 is 1.46 bits per heavy atom. The van der Waals surface area contributed by atoms with Gasteiger partial charge < -0.3 is 10.1 Å². The number of piperidine rings is 1. The quantitative estimate of drug-likeness (QED) is 0.468. The zero-order valence-electron chi connectivity index (χ0n) is 22.6. The lowest BCUT2D eigenvalue weighted by atomic mass is 9.48. The summed E-state index contributed by atoms with van der Waals surface area (Å²) in [7, 11) is -3.70. The largest absolute Gasteiger partial charge is 0.462 e. The molecule has 0 atom stereocenters. The molecule has 0 unspecified atom stereocenters. The van der Waals surface area contributed by atoms with Crippen LogP contribution in [-0.2, 0) is 25.0 Å². The number of hydrogen-bond acceptors (Lipinski definition) is 5. The molecule has 7 nitrogen and oxygen atoms in total. The van der Waals surface area contributed by atoms with Crippen molar-refractivity contribution in [3.63, 3.8) is 0 Å². The van der Waals surface area contributed by atoms with Crippen molar-refractivity contribution in [1.29, 1.82) is 0 Å². The molecule has 1 heterocycles. The van der Waals surface area contributed by atoms with Gasteiger partial charge in [-0.05, 0) is 123 Å². The third-order valence-electron chi connectivity index (χ3n) is 9.63. The topological polar surface area (TPSA) is 92.8 Å². The van der Waals surface area contributed by atoms with Gasteiger partial charge in [0.15, 0.2) is 0 Å². The molecule has 7 rings (SSSR count). The molecule has 5 aliphatic rings. The fraction of sp³-hybridized carbons (Fsp3) is 0.548. The third-order valence-corrected chi connectivity index (χ3v) is 11.5. The standard InChI is InChI=1S/C31H38N2O5S/c1-2-38-30(35)25-3-9-28(10-4-25)39(36,37)33-13-11-24(12-14-33)29(34)32-27-7-5-26(6-8-27)31-18-21-15-22(19-31)17-23(16-21)20-31/h3-10,21-24H,2,11-20H2,1H3,(H,32,34). The van der Waals surface area contributed by atoms with Crippen molar-refractivity contribution in [3.05, 3.63) is 59.7 Å². The van der Waals surface area contributed by atoms with Crippen molar-refractivity contribution >= 4 is 27.6 Å². The molecule has 208 valence electrons. The molecule has 0 radical (unpaired) electrons. The monoisotopic (exact) mass is 550 g/mol. The lowest BCUT2D eigenvalue weighted by Crippen LogP contribution is -2.48. The summed E-state index contributed by atoms with van der Waals surface area (Å²) in [4.78, 5) is 25.0. The number of amides is 1. The highest BCUT2D eigenvalue weighted by Gasteiger charge is 2.51. The van der Waals surface area contributed by atoms with E-state index in [0.717, 1.165) is 23.4 Å². The first-order valence-corrected chi connectivity index (χ1v) is 15.9. The Morgan fingerprint density at radius 1 is 0.897 bits per heavy atom. The molecule has 8 heteroatoms. The van der Waals surface area contributed by atoms with Crippen molar-refractivity contribution in [3.8, 4) is 0 Å². The van der Waals surface area contributed by atoms with Gasteiger partial charge in [0, 0.05) is 24.7 Å². The normalized spacial score (nSPS) is 28.8. The Balaban J connectivity index is 1.04. The van der Waals surface area contributed by atoms with Gasteiger partial charge >= 0.3 is 5.97 Å². The predicted molar refractivity (Wildman–Crippen MR) is 149 cm³/mol. The molecule has 2 aromatic rings. The number of benzene rings is 2. The molecule has 1 aliphatic heterocycles. The van der Waals surface area contributed by atoms with Gasteiger partial charge in [-0.2, -0.15) is 4.31 Å². The average Bonchev–Trinajstić information content (AvgIpc) is 2.93. The van der Waals surface area contributed by atoms with Crippen LogP contribution in [0, 0.1) is 23.7 Å². The van der Waals surface area contributed by atoms with Crippen LogP contribution in [0.3, 0.4) is 0 Å². The van der Waals surface area contributed by atoms with E-state index in [1.54, 1.807) is 6.92 Å². The Bertz CT molecular complexity index is 1290. The van der Waals surface area contributed by atoms with E-state index in [4.69, 9.17) is 4.74 Å². The predicted octanol–water partition coefficient (Wildman–Crippen LogP) is 5.37. The summed E-state index contributed by atoms with van der Waals surface area (Å²) in [5.74, 6) is 1.94. The number of carbonyl (C=O) groups is 2. The Kier molecular flexibility index (Phi) is 7.04. The highest BCUT2D eigenvalue weighted by atomic mass is 32.2. The Labute approximate surface area is 231 Å². The van der Waals surface area contributed by atoms with Gasteiger partial charge in [-0.1, -0.05) is 12.1 Å². The number of anilines is 1. The van der Waals surface area contributed by atoms with Crippen molar-refractivity contribution in [2.45, 2.75) is 68.6 Å². The average molecular weight is 551 g/mol. The minimum Gasteiger partial charge on any atom is -0.462 e. The van der Waals surface area contributed by atoms with Crippen LogP contribution < -0.4 is 5.32 Å². The second-order valence-electron chi connectivity index (χ2n) is 12.2. The highest BCUT2D eigenvalue weighted by molar-refractivity contribution is 7.89. The van der Waals surface area contributed by atoms with Gasteiger partial charge in [0.2, 0.25) is 15.9 Å². The highest BCUT2D eigenvalue weighted by Crippen LogP contribution is 2.60. The number of rotatable bonds is 7. The number of sulfonamides is 1. The second-order valence-corrected chi connectivity index (χ2v) is 14.1. The molecule has 5 fully saturated rings. The van der Waals surface area contributed by atoms with Gasteiger partial charge in [-0.25, -0.2) is 13.2 Å². The number of hydrogen-bond donors (Lipinski definition) is 1. The fourth-order valence-electron chi connectivity index (χ4n) is 8.10. The van der Waals surface area contributed by atoms with Crippen molar-refractivity contribution in [2.75, 3.05) is 25.0 Å². The van der Waals surface area contributed by atoms with Gasteiger partial charge in [0.1, 0.15) is 0 Å². The van der Waals surface area contributed by atoms with E-state index in [2.05, 4.69) is 17.4 Å². The number of nitrogens with zero attached hydrogens (tertiary/aromatic N) is 1. The summed E-state index contributed by atoms with van der Waals surface area (Å²) in [6.45, 7) is 2.55. The Hall–Kier alpha value is -2.71. The molecule has 4 bridgehead atoms. The lowest BCUT2D eigenvalue weighted by molar-refractivity contribution is -0.120. The summed E-state index contributed by atoms with van der Waals surface area (Å²) in [6.07, 6.45) is 9.18. The van der Waals surface area contributed by atoms with Crippen LogP contribution in [0.1, 0.15) is 74.2 Å². The SMILES string of the molecule is CCOC(=O)c1ccc(S(=O)(=O)N2CCC(C(=O)Nc3ccc(C45CC6CC(CC(C6)C4)C5)cc3)CC2)cc1. The maximum absolute atomic E-state index is 13.1. The molecule has 1 N–H and O–H groups in total. The third kappa shape index (κ3) is 5.13. The molecule has 39 heavy (non-hydrogen) atoms. The van der Waals surface area contributed by atoms with E-state index in [1.807, 2.05) is 12.1 Å². The number of esters is 1. The molecule has 2 aromatic carbocycles. The van der Waals surface area contributed by atoms with Crippen LogP contribution in [-0.4, -0.2) is 44.3 Å². The van der Waals surface area contributed by atoms with Crippen LogP contribution in [0.15, 0.2) is 53.4 Å². The molecule has 0 aromatic heterocycles. The van der Waals surface area contributed by atoms with Crippen LogP contribution in [0.5, 0.6) is 0 Å². The van der Waals surface area contributed by atoms with Crippen LogP contribution >= 0.6 is 0 Å². The second kappa shape index (κ2) is 10.4. The van der Waals surface area contributed by atoms with E-state index in [1.165, 1.54) is 72.7 Å². The zero-order valence-corrected chi connectivity index (χ0v) is 23.4. The fourth-order valence-corrected chi connectivity index (χ4v) is 9.57. The van der Waals surface area contributed by atoms with Crippen LogP contribution in [0.4, 0.5) is 5.69 Å². The van der Waals surface area contributed by atoms with Crippen molar-refractivity contribution < 1.29 is 22.7 Å². The first-order valence-electron chi connectivity index (χ1n) is 14.4. The zero-order chi connectivity index (χ0) is 27.2. The minimum absolute atomic E-state index is 0.0478. The lowest BCUT2D eigenvalue weighted by Gasteiger charge is -2.57. The van der Waals surface area contributed by atoms with E-state index in [0.29, 0.717) is 23.8 Å². The van der Waals surface area contributed by atoms with E-state index in [9.17, 15) is 18.0 Å². The number of carbonyl (C=O) groups excluding carboxylic acids is 2. The molecular formula is C31H38N2O5S. The number of ether oxygens (including phenoxy) is 1. The van der Waals surface area contributed by atoms with Gasteiger partial charge in [-0.3, -0.25) is 4.79 Å². The summed E-state index contributed by atoms with van der Waals surface area (Å²) in [6, 6.07) is 14.4. The van der Waals surface area contributed by atoms with E-state index in [-0.39, 0.29) is 36.4 Å². The van der Waals surface area contributed by atoms with E-state index >= 15 is 0 Å². The Morgan fingerprint density at radius 3 is 2.00 bits per heavy atom. The summed E-state index contributed by atoms with van der Waals surface area (Å²) >= 11 is 0. The first kappa shape index (κ1) is 26.5. The molecule has 1 amide bonds. The maximum Gasteiger partial charge on any atom is 0.338 e. The van der Waals surface area contributed by atoms with Crippen LogP contribution in [0.25, 0.3) is 0 Å². The molecule has 1 saturated heterocycles. The first-order chi connectivity index (χ1) is 18.8. The maximum atomic E-state index is 13.1. The summed E-state index contributed by atoms with van der Waals surface area (Å²) in [5, 5.41) is 3.07. The van der Waals surface area contributed by atoms with Crippen LogP contribution in [0.2, 0.25) is 0 Å². The molecule has 0 spiro atoms. The van der Waals surface area contributed by atoms with Gasteiger partial charge in [-0.15, -0.1) is 0 Å².